The van der Waals surface area contributed by atoms with E-state index in [9.17, 15) is 18.8 Å². The van der Waals surface area contributed by atoms with E-state index in [0.29, 0.717) is 0 Å². The quantitative estimate of drug-likeness (QED) is 0.734. The minimum Gasteiger partial charge on any atom is -0.466 e. The molecule has 0 unspecified atom stereocenters. The van der Waals surface area contributed by atoms with Crippen LogP contribution < -0.4 is 11.1 Å². The average molecular weight is 310 g/mol. The molecule has 0 spiro atoms. The Morgan fingerprint density at radius 1 is 1.32 bits per heavy atom. The molecule has 0 aliphatic carbocycles. The molecule has 0 bridgehead atoms. The molecule has 1 rings (SSSR count). The zero-order valence-electron chi connectivity index (χ0n) is 12.5. The summed E-state index contributed by atoms with van der Waals surface area (Å²) >= 11 is 0. The molecule has 1 aromatic carbocycles. The number of benzene rings is 1. The number of primary amides is 1. The summed E-state index contributed by atoms with van der Waals surface area (Å²) < 4.78 is 18.3. The summed E-state index contributed by atoms with van der Waals surface area (Å²) in [4.78, 5) is 35.0. The van der Waals surface area contributed by atoms with Crippen molar-refractivity contribution in [3.63, 3.8) is 0 Å². The molecule has 0 aliphatic rings. The molecule has 0 aromatic heterocycles. The molecule has 0 fully saturated rings. The molecular weight excluding hydrogens is 291 g/mol. The third-order valence-corrected chi connectivity index (χ3v) is 3.07. The van der Waals surface area contributed by atoms with Crippen LogP contribution >= 0.6 is 0 Å². The smallest absolute Gasteiger partial charge is 0.306 e. The summed E-state index contributed by atoms with van der Waals surface area (Å²) in [7, 11) is 0. The van der Waals surface area contributed by atoms with Gasteiger partial charge in [-0.05, 0) is 25.0 Å². The van der Waals surface area contributed by atoms with E-state index in [1.165, 1.54) is 18.2 Å². The number of hydrogen-bond donors (Lipinski definition) is 2. The van der Waals surface area contributed by atoms with Gasteiger partial charge in [0, 0.05) is 0 Å². The Morgan fingerprint density at radius 3 is 2.50 bits per heavy atom. The summed E-state index contributed by atoms with van der Waals surface area (Å²) in [5.41, 5.74) is 5.06. The molecule has 1 aromatic rings. The average Bonchev–Trinajstić information content (AvgIpc) is 2.44. The number of esters is 1. The minimum atomic E-state index is -1.10. The van der Waals surface area contributed by atoms with Crippen molar-refractivity contribution in [1.29, 1.82) is 0 Å². The van der Waals surface area contributed by atoms with E-state index in [0.717, 1.165) is 6.07 Å². The minimum absolute atomic E-state index is 0.0843. The van der Waals surface area contributed by atoms with Gasteiger partial charge in [-0.2, -0.15) is 0 Å². The summed E-state index contributed by atoms with van der Waals surface area (Å²) in [6.07, 6.45) is -0.0843. The zero-order chi connectivity index (χ0) is 16.7. The Bertz CT molecular complexity index is 562. The third kappa shape index (κ3) is 4.83. The van der Waals surface area contributed by atoms with Gasteiger partial charge in [0.15, 0.2) is 0 Å². The molecule has 2 amide bonds. The third-order valence-electron chi connectivity index (χ3n) is 3.07. The van der Waals surface area contributed by atoms with Gasteiger partial charge in [0.05, 0.1) is 18.6 Å². The molecule has 120 valence electrons. The van der Waals surface area contributed by atoms with Crippen LogP contribution in [0.25, 0.3) is 0 Å². The first kappa shape index (κ1) is 17.6. The highest BCUT2D eigenvalue weighted by Crippen LogP contribution is 2.12. The van der Waals surface area contributed by atoms with Crippen LogP contribution in [0.15, 0.2) is 24.3 Å². The highest BCUT2D eigenvalue weighted by Gasteiger charge is 2.28. The van der Waals surface area contributed by atoms with Crippen LogP contribution in [0.1, 0.15) is 30.6 Å². The predicted octanol–water partition coefficient (Wildman–Crippen LogP) is 0.999. The molecule has 0 heterocycles. The molecule has 0 radical (unpaired) electrons. The van der Waals surface area contributed by atoms with Gasteiger partial charge in [-0.1, -0.05) is 19.1 Å². The highest BCUT2D eigenvalue weighted by atomic mass is 19.1. The van der Waals surface area contributed by atoms with E-state index >= 15 is 0 Å². The first-order chi connectivity index (χ1) is 10.4. The standard InChI is InChI=1S/C15H19FN2O4/c1-3-22-12(19)8-9(2)13(14(17)20)18-15(21)10-6-4-5-7-11(10)16/h4-7,9,13H,3,8H2,1-2H3,(H2,17,20)(H,18,21)/t9-,13-/m0/s1. The number of carbonyl (C=O) groups excluding carboxylic acids is 3. The van der Waals surface area contributed by atoms with Gasteiger partial charge in [0.25, 0.3) is 5.91 Å². The van der Waals surface area contributed by atoms with Crippen LogP contribution in [0.2, 0.25) is 0 Å². The second-order valence-electron chi connectivity index (χ2n) is 4.82. The number of halogens is 1. The summed E-state index contributed by atoms with van der Waals surface area (Å²) in [5.74, 6) is -3.35. The largest absolute Gasteiger partial charge is 0.466 e. The maximum atomic E-state index is 13.6. The molecule has 22 heavy (non-hydrogen) atoms. The number of nitrogens with two attached hydrogens (primary N) is 1. The Labute approximate surface area is 127 Å². The first-order valence-corrected chi connectivity index (χ1v) is 6.87. The zero-order valence-corrected chi connectivity index (χ0v) is 12.5. The topological polar surface area (TPSA) is 98.5 Å². The maximum Gasteiger partial charge on any atom is 0.306 e. The number of amides is 2. The van der Waals surface area contributed by atoms with Crippen LogP contribution in [0.3, 0.4) is 0 Å². The Kier molecular flexibility index (Phi) is 6.49. The van der Waals surface area contributed by atoms with Crippen molar-refractivity contribution in [2.75, 3.05) is 6.61 Å². The molecule has 0 aliphatic heterocycles. The van der Waals surface area contributed by atoms with E-state index in [1.54, 1.807) is 13.8 Å². The number of ether oxygens (including phenoxy) is 1. The predicted molar refractivity (Wildman–Crippen MR) is 77.3 cm³/mol. The van der Waals surface area contributed by atoms with Gasteiger partial charge in [-0.15, -0.1) is 0 Å². The van der Waals surface area contributed by atoms with E-state index < -0.39 is 35.6 Å². The van der Waals surface area contributed by atoms with Crippen molar-refractivity contribution in [1.82, 2.24) is 5.32 Å². The SMILES string of the molecule is CCOC(=O)C[C@H](C)[C@H](NC(=O)c1ccccc1F)C(N)=O. The van der Waals surface area contributed by atoms with Crippen molar-refractivity contribution < 1.29 is 23.5 Å². The van der Waals surface area contributed by atoms with Crippen molar-refractivity contribution in [2.45, 2.75) is 26.3 Å². The number of carbonyl (C=O) groups is 3. The van der Waals surface area contributed by atoms with Crippen LogP contribution in [0.5, 0.6) is 0 Å². The van der Waals surface area contributed by atoms with Crippen LogP contribution in [-0.4, -0.2) is 30.4 Å². The fraction of sp³-hybridized carbons (Fsp3) is 0.400. The molecule has 2 atom stereocenters. The normalized spacial score (nSPS) is 13.0. The van der Waals surface area contributed by atoms with Gasteiger partial charge < -0.3 is 15.8 Å². The molecule has 0 saturated carbocycles. The first-order valence-electron chi connectivity index (χ1n) is 6.87. The van der Waals surface area contributed by atoms with Crippen molar-refractivity contribution in [3.8, 4) is 0 Å². The maximum absolute atomic E-state index is 13.6. The van der Waals surface area contributed by atoms with Gasteiger partial charge in [-0.3, -0.25) is 14.4 Å². The molecule has 7 heteroatoms. The van der Waals surface area contributed by atoms with Crippen molar-refractivity contribution in [3.05, 3.63) is 35.6 Å². The van der Waals surface area contributed by atoms with Crippen LogP contribution in [-0.2, 0) is 14.3 Å². The fourth-order valence-electron chi connectivity index (χ4n) is 1.96. The number of hydrogen-bond acceptors (Lipinski definition) is 4. The van der Waals surface area contributed by atoms with E-state index in [4.69, 9.17) is 10.5 Å². The molecular formula is C15H19FN2O4. The van der Waals surface area contributed by atoms with E-state index in [-0.39, 0.29) is 18.6 Å². The van der Waals surface area contributed by atoms with Crippen LogP contribution in [0.4, 0.5) is 4.39 Å². The Balaban J connectivity index is 2.80. The lowest BCUT2D eigenvalue weighted by Crippen LogP contribution is -2.49. The van der Waals surface area contributed by atoms with Crippen molar-refractivity contribution in [2.24, 2.45) is 11.7 Å². The van der Waals surface area contributed by atoms with E-state index in [1.807, 2.05) is 0 Å². The lowest BCUT2D eigenvalue weighted by molar-refractivity contribution is -0.144. The molecule has 3 N–H and O–H groups in total. The lowest BCUT2D eigenvalue weighted by Gasteiger charge is -2.21. The number of nitrogens with one attached hydrogen (secondary N) is 1. The lowest BCUT2D eigenvalue weighted by atomic mass is 9.97. The Hall–Kier alpha value is -2.44. The monoisotopic (exact) mass is 310 g/mol. The summed E-state index contributed by atoms with van der Waals surface area (Å²) in [6, 6.07) is 4.27. The molecule has 0 saturated heterocycles. The molecule has 6 nitrogen and oxygen atoms in total. The van der Waals surface area contributed by atoms with Gasteiger partial charge in [-0.25, -0.2) is 4.39 Å². The highest BCUT2D eigenvalue weighted by molar-refractivity contribution is 5.97. The second kappa shape index (κ2) is 8.11. The summed E-state index contributed by atoms with van der Waals surface area (Å²) in [6.45, 7) is 3.45. The number of rotatable bonds is 7. The van der Waals surface area contributed by atoms with Gasteiger partial charge in [0.2, 0.25) is 5.91 Å². The van der Waals surface area contributed by atoms with E-state index in [2.05, 4.69) is 5.32 Å². The second-order valence-corrected chi connectivity index (χ2v) is 4.82. The van der Waals surface area contributed by atoms with Gasteiger partial charge in [0.1, 0.15) is 11.9 Å². The summed E-state index contributed by atoms with van der Waals surface area (Å²) in [5, 5.41) is 2.36. The van der Waals surface area contributed by atoms with Crippen LogP contribution in [0, 0.1) is 11.7 Å². The van der Waals surface area contributed by atoms with Crippen molar-refractivity contribution >= 4 is 17.8 Å². The van der Waals surface area contributed by atoms with Gasteiger partial charge >= 0.3 is 5.97 Å². The fourth-order valence-corrected chi connectivity index (χ4v) is 1.96. The Morgan fingerprint density at radius 2 is 1.95 bits per heavy atom.